The van der Waals surface area contributed by atoms with Gasteiger partial charge < -0.3 is 19.6 Å². The Bertz CT molecular complexity index is 1830. The highest BCUT2D eigenvalue weighted by molar-refractivity contribution is 5.88. The van der Waals surface area contributed by atoms with Gasteiger partial charge in [0, 0.05) is 81.3 Å². The highest BCUT2D eigenvalue weighted by Crippen LogP contribution is 2.46. The second-order valence-corrected chi connectivity index (χ2v) is 18.2. The molecular weight excluding hydrogens is 666 g/mol. The standard InChI is InChI=1S/C44H60FN5O3/c1-28-21-34(45)12-11-32(28)23-48-18-15-30-22-31(9-10-33(30)24-48)39-37(27-50-35-13-14-36(50)26-47(8)25-35)46-29(2)38(41(42(51)52)53-43(3,4)5)40(39)49-19-16-44(6,7)17-20-49/h9-12,21-22,35-36,41H,13-20,23-27H2,1-8H3,(H,51,52)/t35-,36?,41-/m0/s1. The molecule has 7 rings (SSSR count). The molecule has 1 unspecified atom stereocenters. The fourth-order valence-electron chi connectivity index (χ4n) is 9.35. The number of aryl methyl sites for hydroxylation is 2. The maximum Gasteiger partial charge on any atom is 0.337 e. The van der Waals surface area contributed by atoms with Crippen molar-refractivity contribution in [3.05, 3.63) is 81.4 Å². The molecule has 53 heavy (non-hydrogen) atoms. The molecule has 0 spiro atoms. The van der Waals surface area contributed by atoms with E-state index in [0.717, 1.165) is 111 Å². The zero-order valence-corrected chi connectivity index (χ0v) is 33.3. The van der Waals surface area contributed by atoms with Crippen molar-refractivity contribution in [2.24, 2.45) is 5.41 Å². The van der Waals surface area contributed by atoms with Crippen LogP contribution < -0.4 is 4.90 Å². The Labute approximate surface area is 316 Å². The quantitative estimate of drug-likeness (QED) is 0.239. The van der Waals surface area contributed by atoms with Crippen LogP contribution in [0.4, 0.5) is 10.1 Å². The molecule has 0 radical (unpaired) electrons. The first-order valence-electron chi connectivity index (χ1n) is 19.8. The van der Waals surface area contributed by atoms with Crippen molar-refractivity contribution in [2.45, 2.75) is 124 Å². The van der Waals surface area contributed by atoms with Gasteiger partial charge in [0.1, 0.15) is 5.82 Å². The zero-order chi connectivity index (χ0) is 37.8. The van der Waals surface area contributed by atoms with Crippen LogP contribution in [-0.4, -0.2) is 88.2 Å². The van der Waals surface area contributed by atoms with E-state index in [4.69, 9.17) is 9.72 Å². The van der Waals surface area contributed by atoms with Crippen molar-refractivity contribution in [1.29, 1.82) is 0 Å². The van der Waals surface area contributed by atoms with Gasteiger partial charge in [0.05, 0.1) is 17.0 Å². The highest BCUT2D eigenvalue weighted by atomic mass is 19.1. The molecule has 286 valence electrons. The fourth-order valence-corrected chi connectivity index (χ4v) is 9.35. The lowest BCUT2D eigenvalue weighted by Gasteiger charge is -2.42. The molecule has 1 N–H and O–H groups in total. The number of anilines is 1. The number of carbonyl (C=O) groups is 1. The number of fused-ring (bicyclic) bond motifs is 3. The van der Waals surface area contributed by atoms with Gasteiger partial charge in [0.15, 0.2) is 6.10 Å². The number of hydrogen-bond acceptors (Lipinski definition) is 7. The largest absolute Gasteiger partial charge is 0.479 e. The molecular formula is C44H60FN5O3. The summed E-state index contributed by atoms with van der Waals surface area (Å²) >= 11 is 0. The van der Waals surface area contributed by atoms with E-state index in [0.29, 0.717) is 17.6 Å². The summed E-state index contributed by atoms with van der Waals surface area (Å²) in [7, 11) is 2.23. The van der Waals surface area contributed by atoms with Gasteiger partial charge >= 0.3 is 5.97 Å². The number of nitrogens with zero attached hydrogens (tertiary/aromatic N) is 5. The van der Waals surface area contributed by atoms with Crippen LogP contribution in [0.1, 0.15) is 106 Å². The third kappa shape index (κ3) is 8.19. The molecule has 0 amide bonds. The highest BCUT2D eigenvalue weighted by Gasteiger charge is 2.41. The van der Waals surface area contributed by atoms with Gasteiger partial charge in [-0.05, 0) is 119 Å². The normalized spacial score (nSPS) is 22.9. The molecule has 9 heteroatoms. The number of hydrogen-bond donors (Lipinski definition) is 1. The number of ether oxygens (including phenoxy) is 1. The average Bonchev–Trinajstić information content (AvgIpc) is 3.31. The second-order valence-electron chi connectivity index (χ2n) is 18.2. The van der Waals surface area contributed by atoms with E-state index in [1.54, 1.807) is 12.1 Å². The number of carboxylic acids is 1. The molecule has 8 nitrogen and oxygen atoms in total. The van der Waals surface area contributed by atoms with E-state index < -0.39 is 17.7 Å². The molecule has 2 bridgehead atoms. The summed E-state index contributed by atoms with van der Waals surface area (Å²) in [6.45, 7) is 21.5. The lowest BCUT2D eigenvalue weighted by molar-refractivity contribution is -0.160. The fraction of sp³-hybridized carbons (Fsp3) is 0.591. The maximum atomic E-state index is 13.8. The van der Waals surface area contributed by atoms with Crippen molar-refractivity contribution in [3.8, 4) is 11.1 Å². The summed E-state index contributed by atoms with van der Waals surface area (Å²) in [5.41, 5.74) is 9.96. The number of likely N-dealkylation sites (tertiary alicyclic amines) is 1. The summed E-state index contributed by atoms with van der Waals surface area (Å²) in [5.74, 6) is -1.18. The summed E-state index contributed by atoms with van der Waals surface area (Å²) in [6, 6.07) is 13.0. The predicted octanol–water partition coefficient (Wildman–Crippen LogP) is 7.91. The number of likely N-dealkylation sites (N-methyl/N-ethyl adjacent to an activating group) is 1. The number of benzene rings is 2. The molecule has 3 fully saturated rings. The van der Waals surface area contributed by atoms with E-state index in [-0.39, 0.29) is 11.2 Å². The van der Waals surface area contributed by atoms with Crippen LogP contribution >= 0.6 is 0 Å². The number of carboxylic acid groups (broad SMARTS) is 1. The topological polar surface area (TPSA) is 72.4 Å². The number of pyridine rings is 1. The van der Waals surface area contributed by atoms with Crippen molar-refractivity contribution in [1.82, 2.24) is 19.7 Å². The SMILES string of the molecule is Cc1cc(F)ccc1CN1CCc2cc(-c3c(CN4C5CC[C@H]4CN(C)C5)nc(C)c([C@H](OC(C)(C)C)C(=O)O)c3N3CCC(C)(C)CC3)ccc2C1. The van der Waals surface area contributed by atoms with Gasteiger partial charge in [-0.25, -0.2) is 9.18 Å². The van der Waals surface area contributed by atoms with Crippen molar-refractivity contribution < 1.29 is 19.0 Å². The smallest absolute Gasteiger partial charge is 0.337 e. The van der Waals surface area contributed by atoms with E-state index >= 15 is 0 Å². The van der Waals surface area contributed by atoms with E-state index in [1.165, 1.54) is 24.0 Å². The van der Waals surface area contributed by atoms with Crippen molar-refractivity contribution >= 4 is 11.7 Å². The van der Waals surface area contributed by atoms with Gasteiger partial charge in [-0.1, -0.05) is 38.1 Å². The average molecular weight is 726 g/mol. The third-order valence-corrected chi connectivity index (χ3v) is 12.3. The van der Waals surface area contributed by atoms with Crippen LogP contribution in [-0.2, 0) is 35.6 Å². The second kappa shape index (κ2) is 14.7. The molecule has 1 aromatic heterocycles. The van der Waals surface area contributed by atoms with Gasteiger partial charge in [0.25, 0.3) is 0 Å². The molecule has 3 aromatic rings. The summed E-state index contributed by atoms with van der Waals surface area (Å²) in [6.07, 6.45) is 4.20. The minimum atomic E-state index is -1.15. The molecule has 3 saturated heterocycles. The number of halogens is 1. The lowest BCUT2D eigenvalue weighted by atomic mass is 9.81. The van der Waals surface area contributed by atoms with E-state index in [2.05, 4.69) is 58.7 Å². The van der Waals surface area contributed by atoms with Crippen molar-refractivity contribution in [3.63, 3.8) is 0 Å². The zero-order valence-electron chi connectivity index (χ0n) is 33.3. The number of piperidine rings is 1. The molecule has 5 heterocycles. The molecule has 4 aliphatic heterocycles. The first-order valence-corrected chi connectivity index (χ1v) is 19.8. The number of rotatable bonds is 9. The van der Waals surface area contributed by atoms with Crippen LogP contribution in [0.25, 0.3) is 11.1 Å². The Morgan fingerprint density at radius 1 is 1.00 bits per heavy atom. The number of aliphatic carboxylic acids is 1. The Morgan fingerprint density at radius 3 is 2.34 bits per heavy atom. The summed E-state index contributed by atoms with van der Waals surface area (Å²) in [5, 5.41) is 10.8. The minimum Gasteiger partial charge on any atom is -0.479 e. The van der Waals surface area contributed by atoms with Gasteiger partial charge in [-0.2, -0.15) is 0 Å². The molecule has 0 aliphatic carbocycles. The molecule has 2 aromatic carbocycles. The van der Waals surface area contributed by atoms with Gasteiger partial charge in [-0.15, -0.1) is 0 Å². The predicted molar refractivity (Wildman–Crippen MR) is 210 cm³/mol. The summed E-state index contributed by atoms with van der Waals surface area (Å²) in [4.78, 5) is 28.7. The van der Waals surface area contributed by atoms with Crippen LogP contribution in [0.2, 0.25) is 0 Å². The summed E-state index contributed by atoms with van der Waals surface area (Å²) < 4.78 is 20.3. The van der Waals surface area contributed by atoms with Crippen molar-refractivity contribution in [2.75, 3.05) is 44.7 Å². The monoisotopic (exact) mass is 725 g/mol. The maximum absolute atomic E-state index is 13.8. The first-order chi connectivity index (χ1) is 25.0. The van der Waals surface area contributed by atoms with Crippen LogP contribution in [0.3, 0.4) is 0 Å². The Morgan fingerprint density at radius 2 is 1.70 bits per heavy atom. The van der Waals surface area contributed by atoms with E-state index in [9.17, 15) is 14.3 Å². The molecule has 0 saturated carbocycles. The van der Waals surface area contributed by atoms with E-state index in [1.807, 2.05) is 40.7 Å². The number of piperazine rings is 1. The van der Waals surface area contributed by atoms with Crippen LogP contribution in [0.5, 0.6) is 0 Å². The lowest BCUT2D eigenvalue weighted by Crippen LogP contribution is -2.51. The Balaban J connectivity index is 1.35. The Kier molecular flexibility index (Phi) is 10.5. The molecule has 4 aliphatic rings. The first kappa shape index (κ1) is 37.9. The van der Waals surface area contributed by atoms with Gasteiger partial charge in [-0.3, -0.25) is 14.8 Å². The van der Waals surface area contributed by atoms with Gasteiger partial charge in [0.2, 0.25) is 0 Å². The molecule has 3 atom stereocenters. The third-order valence-electron chi connectivity index (χ3n) is 12.3. The minimum absolute atomic E-state index is 0.191. The Hall–Kier alpha value is -3.37. The van der Waals surface area contributed by atoms with Crippen LogP contribution in [0.15, 0.2) is 36.4 Å². The number of aromatic nitrogens is 1. The van der Waals surface area contributed by atoms with Crippen LogP contribution in [0, 0.1) is 25.1 Å².